The molecule has 27 heavy (non-hydrogen) atoms. The highest BCUT2D eigenvalue weighted by Gasteiger charge is 2.25. The normalized spacial score (nSPS) is 15.3. The van der Waals surface area contributed by atoms with Gasteiger partial charge < -0.3 is 9.32 Å². The van der Waals surface area contributed by atoms with Crippen molar-refractivity contribution in [3.05, 3.63) is 71.4 Å². The molecule has 1 aromatic carbocycles. The number of benzene rings is 1. The maximum Gasteiger partial charge on any atom is 0.257 e. The monoisotopic (exact) mass is 364 g/mol. The SMILES string of the molecule is Cc1cc(C(=O)N2CCN(Cc3cnn(-c4ccccc4)c3)CC2)c(C)o1. The third kappa shape index (κ3) is 3.80. The van der Waals surface area contributed by atoms with Gasteiger partial charge in [-0.05, 0) is 32.0 Å². The summed E-state index contributed by atoms with van der Waals surface area (Å²) < 4.78 is 7.40. The van der Waals surface area contributed by atoms with Gasteiger partial charge in [0.05, 0.1) is 17.4 Å². The summed E-state index contributed by atoms with van der Waals surface area (Å²) in [5.74, 6) is 1.55. The van der Waals surface area contributed by atoms with Crippen molar-refractivity contribution in [2.45, 2.75) is 20.4 Å². The van der Waals surface area contributed by atoms with Crippen molar-refractivity contribution < 1.29 is 9.21 Å². The number of furan rings is 1. The van der Waals surface area contributed by atoms with Crippen molar-refractivity contribution in [3.8, 4) is 5.69 Å². The highest BCUT2D eigenvalue weighted by atomic mass is 16.3. The Balaban J connectivity index is 1.34. The van der Waals surface area contributed by atoms with Gasteiger partial charge in [-0.2, -0.15) is 5.10 Å². The fourth-order valence-electron chi connectivity index (χ4n) is 3.54. The van der Waals surface area contributed by atoms with Gasteiger partial charge in [-0.3, -0.25) is 9.69 Å². The van der Waals surface area contributed by atoms with E-state index in [1.165, 1.54) is 5.56 Å². The molecule has 1 aliphatic heterocycles. The van der Waals surface area contributed by atoms with Gasteiger partial charge >= 0.3 is 0 Å². The summed E-state index contributed by atoms with van der Waals surface area (Å²) in [4.78, 5) is 17.0. The molecule has 0 atom stereocenters. The average molecular weight is 364 g/mol. The Kier molecular flexibility index (Phi) is 4.81. The summed E-state index contributed by atoms with van der Waals surface area (Å²) in [5, 5.41) is 4.46. The number of aryl methyl sites for hydroxylation is 2. The molecule has 6 heteroatoms. The van der Waals surface area contributed by atoms with Gasteiger partial charge in [-0.1, -0.05) is 18.2 Å². The number of para-hydroxylation sites is 1. The summed E-state index contributed by atoms with van der Waals surface area (Å²) in [6.45, 7) is 7.75. The number of carbonyl (C=O) groups excluding carboxylic acids is 1. The Morgan fingerprint density at radius 2 is 1.85 bits per heavy atom. The molecule has 0 bridgehead atoms. The van der Waals surface area contributed by atoms with Crippen LogP contribution in [-0.4, -0.2) is 51.7 Å². The Hall–Kier alpha value is -2.86. The molecular formula is C21H24N4O2. The number of nitrogens with zero attached hydrogens (tertiary/aromatic N) is 4. The van der Waals surface area contributed by atoms with Gasteiger partial charge in [0.1, 0.15) is 11.5 Å². The van der Waals surface area contributed by atoms with Crippen molar-refractivity contribution in [1.29, 1.82) is 0 Å². The molecule has 140 valence electrons. The van der Waals surface area contributed by atoms with Crippen LogP contribution in [0.3, 0.4) is 0 Å². The Bertz CT molecular complexity index is 921. The molecule has 0 unspecified atom stereocenters. The van der Waals surface area contributed by atoms with Crippen LogP contribution in [0.1, 0.15) is 27.4 Å². The summed E-state index contributed by atoms with van der Waals surface area (Å²) in [6, 6.07) is 11.9. The second kappa shape index (κ2) is 7.40. The highest BCUT2D eigenvalue weighted by Crippen LogP contribution is 2.18. The zero-order chi connectivity index (χ0) is 18.8. The van der Waals surface area contributed by atoms with Crippen LogP contribution in [0.15, 0.2) is 53.2 Å². The topological polar surface area (TPSA) is 54.5 Å². The molecule has 6 nitrogen and oxygen atoms in total. The Labute approximate surface area is 159 Å². The molecule has 0 N–H and O–H groups in total. The molecule has 0 saturated carbocycles. The molecule has 1 aliphatic rings. The predicted octanol–water partition coefficient (Wildman–Crippen LogP) is 3.04. The maximum absolute atomic E-state index is 12.7. The number of amides is 1. The van der Waals surface area contributed by atoms with Crippen LogP contribution in [-0.2, 0) is 6.54 Å². The van der Waals surface area contributed by atoms with E-state index >= 15 is 0 Å². The maximum atomic E-state index is 12.7. The third-order valence-corrected chi connectivity index (χ3v) is 4.99. The van der Waals surface area contributed by atoms with E-state index in [-0.39, 0.29) is 5.91 Å². The molecule has 2 aromatic heterocycles. The number of hydrogen-bond acceptors (Lipinski definition) is 4. The van der Waals surface area contributed by atoms with Crippen LogP contribution in [0.25, 0.3) is 5.69 Å². The Morgan fingerprint density at radius 1 is 1.11 bits per heavy atom. The minimum atomic E-state index is 0.0703. The summed E-state index contributed by atoms with van der Waals surface area (Å²) in [7, 11) is 0. The zero-order valence-electron chi connectivity index (χ0n) is 15.8. The third-order valence-electron chi connectivity index (χ3n) is 4.99. The van der Waals surface area contributed by atoms with Crippen LogP contribution in [0.4, 0.5) is 0 Å². The summed E-state index contributed by atoms with van der Waals surface area (Å²) in [5.41, 5.74) is 2.93. The van der Waals surface area contributed by atoms with E-state index in [1.807, 2.05) is 66.0 Å². The highest BCUT2D eigenvalue weighted by molar-refractivity contribution is 5.95. The van der Waals surface area contributed by atoms with Crippen LogP contribution in [0.2, 0.25) is 0 Å². The van der Waals surface area contributed by atoms with Crippen LogP contribution in [0.5, 0.6) is 0 Å². The zero-order valence-corrected chi connectivity index (χ0v) is 15.8. The number of piperazine rings is 1. The molecular weight excluding hydrogens is 340 g/mol. The van der Waals surface area contributed by atoms with Gasteiger partial charge in [0, 0.05) is 44.5 Å². The smallest absolute Gasteiger partial charge is 0.257 e. The lowest BCUT2D eigenvalue weighted by Gasteiger charge is -2.34. The fourth-order valence-corrected chi connectivity index (χ4v) is 3.54. The van der Waals surface area contributed by atoms with Crippen molar-refractivity contribution in [3.63, 3.8) is 0 Å². The average Bonchev–Trinajstić information content (AvgIpc) is 3.28. The van der Waals surface area contributed by atoms with E-state index < -0.39 is 0 Å². The van der Waals surface area contributed by atoms with Crippen molar-refractivity contribution >= 4 is 5.91 Å². The Morgan fingerprint density at radius 3 is 2.52 bits per heavy atom. The first kappa shape index (κ1) is 17.5. The van der Waals surface area contributed by atoms with E-state index in [2.05, 4.69) is 16.2 Å². The summed E-state index contributed by atoms with van der Waals surface area (Å²) >= 11 is 0. The fraction of sp³-hybridized carbons (Fsp3) is 0.333. The predicted molar refractivity (Wildman–Crippen MR) is 103 cm³/mol. The second-order valence-electron chi connectivity index (χ2n) is 7.02. The van der Waals surface area contributed by atoms with Gasteiger partial charge in [-0.25, -0.2) is 4.68 Å². The largest absolute Gasteiger partial charge is 0.466 e. The molecule has 4 rings (SSSR count). The molecule has 1 fully saturated rings. The molecule has 0 spiro atoms. The van der Waals surface area contributed by atoms with Crippen LogP contribution >= 0.6 is 0 Å². The minimum Gasteiger partial charge on any atom is -0.466 e. The second-order valence-corrected chi connectivity index (χ2v) is 7.02. The molecule has 1 saturated heterocycles. The van der Waals surface area contributed by atoms with Crippen molar-refractivity contribution in [2.75, 3.05) is 26.2 Å². The molecule has 3 aromatic rings. The van der Waals surface area contributed by atoms with Gasteiger partial charge in [-0.15, -0.1) is 0 Å². The van der Waals surface area contributed by atoms with Gasteiger partial charge in [0.15, 0.2) is 0 Å². The number of rotatable bonds is 4. The van der Waals surface area contributed by atoms with E-state index in [4.69, 9.17) is 4.42 Å². The number of aromatic nitrogens is 2. The van der Waals surface area contributed by atoms with Crippen LogP contribution in [0, 0.1) is 13.8 Å². The van der Waals surface area contributed by atoms with Crippen molar-refractivity contribution in [2.24, 2.45) is 0 Å². The van der Waals surface area contributed by atoms with Crippen molar-refractivity contribution in [1.82, 2.24) is 19.6 Å². The quantitative estimate of drug-likeness (QED) is 0.714. The van der Waals surface area contributed by atoms with E-state index in [9.17, 15) is 4.79 Å². The number of hydrogen-bond donors (Lipinski definition) is 0. The first-order chi connectivity index (χ1) is 13.1. The first-order valence-corrected chi connectivity index (χ1v) is 9.28. The van der Waals surface area contributed by atoms with Crippen LogP contribution < -0.4 is 0 Å². The molecule has 0 aliphatic carbocycles. The van der Waals surface area contributed by atoms with Gasteiger partial charge in [0.2, 0.25) is 0 Å². The lowest BCUT2D eigenvalue weighted by Crippen LogP contribution is -2.48. The van der Waals surface area contributed by atoms with E-state index in [0.717, 1.165) is 44.2 Å². The lowest BCUT2D eigenvalue weighted by atomic mass is 10.2. The molecule has 1 amide bonds. The molecule has 0 radical (unpaired) electrons. The standard InChI is InChI=1S/C21H24N4O2/c1-16-12-20(17(2)27-16)21(26)24-10-8-23(9-11-24)14-18-13-22-25(15-18)19-6-4-3-5-7-19/h3-7,12-13,15H,8-11,14H2,1-2H3. The summed E-state index contributed by atoms with van der Waals surface area (Å²) in [6.07, 6.45) is 3.99. The first-order valence-electron chi connectivity index (χ1n) is 9.28. The van der Waals surface area contributed by atoms with E-state index in [1.54, 1.807) is 0 Å². The minimum absolute atomic E-state index is 0.0703. The van der Waals surface area contributed by atoms with E-state index in [0.29, 0.717) is 11.3 Å². The molecule has 3 heterocycles. The lowest BCUT2D eigenvalue weighted by molar-refractivity contribution is 0.0627. The van der Waals surface area contributed by atoms with Gasteiger partial charge in [0.25, 0.3) is 5.91 Å². The number of carbonyl (C=O) groups is 1.